The molecule has 0 aliphatic rings. The highest BCUT2D eigenvalue weighted by atomic mass is 16.1. The van der Waals surface area contributed by atoms with E-state index < -0.39 is 0 Å². The van der Waals surface area contributed by atoms with Crippen molar-refractivity contribution in [1.82, 2.24) is 14.5 Å². The third-order valence-corrected chi connectivity index (χ3v) is 3.11. The lowest BCUT2D eigenvalue weighted by Crippen LogP contribution is -2.12. The van der Waals surface area contributed by atoms with E-state index in [1.54, 1.807) is 6.20 Å². The summed E-state index contributed by atoms with van der Waals surface area (Å²) in [4.78, 5) is 20.9. The highest BCUT2D eigenvalue weighted by Crippen LogP contribution is 2.11. The Labute approximate surface area is 113 Å². The van der Waals surface area contributed by atoms with Gasteiger partial charge in [-0.25, -0.2) is 4.98 Å². The molecule has 0 N–H and O–H groups in total. The molecule has 0 saturated heterocycles. The SMILES string of the molecule is CCCn1ccnc1CC(=O)c1ccc(C)nc1C. The van der Waals surface area contributed by atoms with Gasteiger partial charge in [0.1, 0.15) is 5.82 Å². The van der Waals surface area contributed by atoms with Crippen LogP contribution in [-0.4, -0.2) is 20.3 Å². The molecule has 0 fully saturated rings. The summed E-state index contributed by atoms with van der Waals surface area (Å²) >= 11 is 0. The lowest BCUT2D eigenvalue weighted by atomic mass is 10.1. The van der Waals surface area contributed by atoms with Crippen LogP contribution in [0.25, 0.3) is 0 Å². The summed E-state index contributed by atoms with van der Waals surface area (Å²) in [6.45, 7) is 6.81. The van der Waals surface area contributed by atoms with E-state index in [1.165, 1.54) is 0 Å². The highest BCUT2D eigenvalue weighted by Gasteiger charge is 2.13. The number of aryl methyl sites for hydroxylation is 3. The average Bonchev–Trinajstić information content (AvgIpc) is 2.77. The molecule has 2 rings (SSSR count). The first-order chi connectivity index (χ1) is 9.11. The Kier molecular flexibility index (Phi) is 4.10. The van der Waals surface area contributed by atoms with Crippen LogP contribution in [0.3, 0.4) is 0 Å². The van der Waals surface area contributed by atoms with E-state index in [9.17, 15) is 4.79 Å². The number of pyridine rings is 1. The third-order valence-electron chi connectivity index (χ3n) is 3.11. The molecule has 4 nitrogen and oxygen atoms in total. The topological polar surface area (TPSA) is 47.8 Å². The van der Waals surface area contributed by atoms with Crippen molar-refractivity contribution in [1.29, 1.82) is 0 Å². The number of imidazole rings is 1. The van der Waals surface area contributed by atoms with E-state index in [0.717, 1.165) is 30.2 Å². The molecule has 0 radical (unpaired) electrons. The number of ketones is 1. The van der Waals surface area contributed by atoms with E-state index in [-0.39, 0.29) is 5.78 Å². The highest BCUT2D eigenvalue weighted by molar-refractivity contribution is 5.98. The molecule has 0 amide bonds. The van der Waals surface area contributed by atoms with Gasteiger partial charge in [-0.3, -0.25) is 9.78 Å². The van der Waals surface area contributed by atoms with Gasteiger partial charge in [-0.15, -0.1) is 0 Å². The quantitative estimate of drug-likeness (QED) is 0.774. The predicted molar refractivity (Wildman–Crippen MR) is 74.3 cm³/mol. The average molecular weight is 257 g/mol. The maximum Gasteiger partial charge on any atom is 0.172 e. The van der Waals surface area contributed by atoms with Crippen molar-refractivity contribution in [3.63, 3.8) is 0 Å². The van der Waals surface area contributed by atoms with Gasteiger partial charge in [0, 0.05) is 35.9 Å². The first-order valence-corrected chi connectivity index (χ1v) is 6.59. The van der Waals surface area contributed by atoms with Crippen LogP contribution in [0.1, 0.15) is 40.9 Å². The summed E-state index contributed by atoms with van der Waals surface area (Å²) in [5.74, 6) is 0.903. The molecule has 0 atom stereocenters. The number of hydrogen-bond donors (Lipinski definition) is 0. The zero-order valence-electron chi connectivity index (χ0n) is 11.7. The van der Waals surface area contributed by atoms with Crippen molar-refractivity contribution < 1.29 is 4.79 Å². The second-order valence-corrected chi connectivity index (χ2v) is 4.72. The Hall–Kier alpha value is -1.97. The Bertz CT molecular complexity index is 587. The fourth-order valence-electron chi connectivity index (χ4n) is 2.17. The van der Waals surface area contributed by atoms with Crippen LogP contribution in [0.15, 0.2) is 24.5 Å². The molecule has 0 aliphatic carbocycles. The predicted octanol–water partition coefficient (Wildman–Crippen LogP) is 2.73. The molecule has 2 heterocycles. The fraction of sp³-hybridized carbons (Fsp3) is 0.400. The molecular formula is C15H19N3O. The molecular weight excluding hydrogens is 238 g/mol. The number of hydrogen-bond acceptors (Lipinski definition) is 3. The number of rotatable bonds is 5. The summed E-state index contributed by atoms with van der Waals surface area (Å²) in [5.41, 5.74) is 2.41. The zero-order chi connectivity index (χ0) is 13.8. The van der Waals surface area contributed by atoms with Gasteiger partial charge in [0.2, 0.25) is 0 Å². The normalized spacial score (nSPS) is 10.7. The maximum absolute atomic E-state index is 12.3. The molecule has 2 aromatic rings. The monoisotopic (exact) mass is 257 g/mol. The van der Waals surface area contributed by atoms with Crippen LogP contribution < -0.4 is 0 Å². The van der Waals surface area contributed by atoms with Crippen LogP contribution in [0.4, 0.5) is 0 Å². The van der Waals surface area contributed by atoms with Crippen molar-refractivity contribution in [3.8, 4) is 0 Å². The van der Waals surface area contributed by atoms with Crippen LogP contribution in [0.2, 0.25) is 0 Å². The third kappa shape index (κ3) is 3.08. The molecule has 0 aliphatic heterocycles. The van der Waals surface area contributed by atoms with Crippen molar-refractivity contribution in [3.05, 3.63) is 47.3 Å². The van der Waals surface area contributed by atoms with Gasteiger partial charge in [-0.05, 0) is 32.4 Å². The number of aromatic nitrogens is 3. The van der Waals surface area contributed by atoms with Crippen LogP contribution in [0, 0.1) is 13.8 Å². The number of carbonyl (C=O) groups is 1. The van der Waals surface area contributed by atoms with E-state index in [4.69, 9.17) is 0 Å². The van der Waals surface area contributed by atoms with E-state index >= 15 is 0 Å². The Morgan fingerprint density at radius 1 is 1.32 bits per heavy atom. The standard InChI is InChI=1S/C15H19N3O/c1-4-8-18-9-7-16-15(18)10-14(19)13-6-5-11(2)17-12(13)3/h5-7,9H,4,8,10H2,1-3H3. The summed E-state index contributed by atoms with van der Waals surface area (Å²) in [6.07, 6.45) is 5.03. The van der Waals surface area contributed by atoms with Crippen molar-refractivity contribution in [2.24, 2.45) is 0 Å². The number of carbonyl (C=O) groups excluding carboxylic acids is 1. The van der Waals surface area contributed by atoms with Gasteiger partial charge in [-0.2, -0.15) is 0 Å². The van der Waals surface area contributed by atoms with Gasteiger partial charge in [0.15, 0.2) is 5.78 Å². The second-order valence-electron chi connectivity index (χ2n) is 4.72. The minimum Gasteiger partial charge on any atom is -0.335 e. The van der Waals surface area contributed by atoms with Gasteiger partial charge >= 0.3 is 0 Å². The van der Waals surface area contributed by atoms with Gasteiger partial charge in [0.25, 0.3) is 0 Å². The summed E-state index contributed by atoms with van der Waals surface area (Å²) < 4.78 is 2.04. The summed E-state index contributed by atoms with van der Waals surface area (Å²) in [7, 11) is 0. The van der Waals surface area contributed by atoms with E-state index in [0.29, 0.717) is 12.0 Å². The summed E-state index contributed by atoms with van der Waals surface area (Å²) in [6, 6.07) is 3.73. The van der Waals surface area contributed by atoms with Crippen LogP contribution in [0.5, 0.6) is 0 Å². The molecule has 0 unspecified atom stereocenters. The summed E-state index contributed by atoms with van der Waals surface area (Å²) in [5, 5.41) is 0. The van der Waals surface area contributed by atoms with Crippen molar-refractivity contribution in [2.45, 2.75) is 40.2 Å². The van der Waals surface area contributed by atoms with Crippen LogP contribution >= 0.6 is 0 Å². The molecule has 0 spiro atoms. The van der Waals surface area contributed by atoms with Gasteiger partial charge in [0.05, 0.1) is 6.42 Å². The van der Waals surface area contributed by atoms with Gasteiger partial charge < -0.3 is 4.57 Å². The van der Waals surface area contributed by atoms with E-state index in [2.05, 4.69) is 16.9 Å². The number of nitrogens with zero attached hydrogens (tertiary/aromatic N) is 3. The zero-order valence-corrected chi connectivity index (χ0v) is 11.7. The Balaban J connectivity index is 2.18. The molecule has 0 aromatic carbocycles. The van der Waals surface area contributed by atoms with Crippen LogP contribution in [-0.2, 0) is 13.0 Å². The smallest absolute Gasteiger partial charge is 0.172 e. The molecule has 0 saturated carbocycles. The lowest BCUT2D eigenvalue weighted by molar-refractivity contribution is 0.0988. The van der Waals surface area contributed by atoms with E-state index in [1.807, 2.05) is 36.7 Å². The second kappa shape index (κ2) is 5.78. The molecule has 0 bridgehead atoms. The lowest BCUT2D eigenvalue weighted by Gasteiger charge is -2.07. The molecule has 2 aromatic heterocycles. The Morgan fingerprint density at radius 3 is 2.79 bits per heavy atom. The minimum atomic E-state index is 0.0774. The fourth-order valence-corrected chi connectivity index (χ4v) is 2.17. The molecule has 4 heteroatoms. The molecule has 19 heavy (non-hydrogen) atoms. The largest absolute Gasteiger partial charge is 0.335 e. The maximum atomic E-state index is 12.3. The molecule has 100 valence electrons. The first-order valence-electron chi connectivity index (χ1n) is 6.59. The number of Topliss-reactive ketones (excluding diaryl/α,β-unsaturated/α-hetero) is 1. The Morgan fingerprint density at radius 2 is 2.11 bits per heavy atom. The van der Waals surface area contributed by atoms with Gasteiger partial charge in [-0.1, -0.05) is 6.92 Å². The van der Waals surface area contributed by atoms with Crippen molar-refractivity contribution >= 4 is 5.78 Å². The minimum absolute atomic E-state index is 0.0774. The van der Waals surface area contributed by atoms with Crippen molar-refractivity contribution in [2.75, 3.05) is 0 Å². The first kappa shape index (κ1) is 13.5.